The summed E-state index contributed by atoms with van der Waals surface area (Å²) in [6.45, 7) is 5.82. The maximum atomic E-state index is 12.6. The molecule has 1 N–H and O–H groups in total. The molecule has 6 heteroatoms. The van der Waals surface area contributed by atoms with Crippen LogP contribution in [0, 0.1) is 20.8 Å². The highest BCUT2D eigenvalue weighted by Crippen LogP contribution is 2.26. The minimum absolute atomic E-state index is 0.134. The fourth-order valence-corrected chi connectivity index (χ4v) is 2.78. The molecule has 0 saturated heterocycles. The summed E-state index contributed by atoms with van der Waals surface area (Å²) in [5.74, 6) is 0.727. The lowest BCUT2D eigenvalue weighted by Gasteiger charge is -2.10. The van der Waals surface area contributed by atoms with Gasteiger partial charge in [-0.25, -0.2) is 0 Å². The predicted octanol–water partition coefficient (Wildman–Crippen LogP) is 5.08. The first-order valence-electron chi connectivity index (χ1n) is 8.17. The zero-order chi connectivity index (χ0) is 18.7. The summed E-state index contributed by atoms with van der Waals surface area (Å²) in [7, 11) is 0. The molecule has 26 heavy (non-hydrogen) atoms. The second-order valence-corrected chi connectivity index (χ2v) is 6.46. The number of nitrogens with one attached hydrogen (secondary N) is 1. The van der Waals surface area contributed by atoms with E-state index in [4.69, 9.17) is 20.9 Å². The van der Waals surface area contributed by atoms with Crippen molar-refractivity contribution in [3.05, 3.63) is 75.6 Å². The summed E-state index contributed by atoms with van der Waals surface area (Å²) in [4.78, 5) is 12.6. The van der Waals surface area contributed by atoms with Gasteiger partial charge < -0.3 is 14.6 Å². The Morgan fingerprint density at radius 3 is 2.69 bits per heavy atom. The first-order valence-corrected chi connectivity index (χ1v) is 8.54. The number of carbonyl (C=O) groups excluding carboxylic acids is 1. The van der Waals surface area contributed by atoms with Crippen LogP contribution in [0.25, 0.3) is 0 Å². The molecule has 3 aromatic rings. The largest absolute Gasteiger partial charge is 0.487 e. The topological polar surface area (TPSA) is 64.4 Å². The number of aromatic nitrogens is 1. The molecular weight excluding hydrogens is 352 g/mol. The standard InChI is InChI=1S/C20H19ClN2O3/c1-12-8-9-17(13(2)10-12)22-20(24)19-15(14(3)26-23-19)11-25-18-7-5-4-6-16(18)21/h4-10H,11H2,1-3H3,(H,22,24). The number of rotatable bonds is 5. The van der Waals surface area contributed by atoms with Crippen LogP contribution in [0.5, 0.6) is 5.75 Å². The van der Waals surface area contributed by atoms with Gasteiger partial charge in [0.2, 0.25) is 0 Å². The molecule has 0 aliphatic carbocycles. The van der Waals surface area contributed by atoms with Crippen molar-refractivity contribution in [2.45, 2.75) is 27.4 Å². The lowest BCUT2D eigenvalue weighted by atomic mass is 10.1. The molecule has 0 bridgehead atoms. The van der Waals surface area contributed by atoms with Crippen LogP contribution in [0.4, 0.5) is 5.69 Å². The molecule has 0 aliphatic rings. The fraction of sp³-hybridized carbons (Fsp3) is 0.200. The molecule has 2 aromatic carbocycles. The molecule has 1 amide bonds. The second-order valence-electron chi connectivity index (χ2n) is 6.06. The molecule has 1 aromatic heterocycles. The lowest BCUT2D eigenvalue weighted by Crippen LogP contribution is -2.16. The van der Waals surface area contributed by atoms with E-state index in [0.29, 0.717) is 22.1 Å². The van der Waals surface area contributed by atoms with Crippen molar-refractivity contribution in [2.24, 2.45) is 0 Å². The van der Waals surface area contributed by atoms with E-state index in [1.54, 1.807) is 19.1 Å². The molecule has 0 unspecified atom stereocenters. The molecule has 0 aliphatic heterocycles. The Hall–Kier alpha value is -2.79. The van der Waals surface area contributed by atoms with Crippen LogP contribution in [0.3, 0.4) is 0 Å². The number of carbonyl (C=O) groups is 1. The third kappa shape index (κ3) is 3.89. The highest BCUT2D eigenvalue weighted by atomic mass is 35.5. The minimum Gasteiger partial charge on any atom is -0.487 e. The third-order valence-electron chi connectivity index (χ3n) is 4.04. The van der Waals surface area contributed by atoms with Crippen LogP contribution in [-0.2, 0) is 6.61 Å². The number of anilines is 1. The van der Waals surface area contributed by atoms with Crippen LogP contribution in [0.2, 0.25) is 5.02 Å². The summed E-state index contributed by atoms with van der Waals surface area (Å²) in [5.41, 5.74) is 3.64. The van der Waals surface area contributed by atoms with Crippen molar-refractivity contribution in [3.8, 4) is 5.75 Å². The SMILES string of the molecule is Cc1ccc(NC(=O)c2noc(C)c2COc2ccccc2Cl)c(C)c1. The van der Waals surface area contributed by atoms with Crippen LogP contribution < -0.4 is 10.1 Å². The summed E-state index contributed by atoms with van der Waals surface area (Å²) in [5, 5.41) is 7.27. The average molecular weight is 371 g/mol. The van der Waals surface area contributed by atoms with Gasteiger partial charge in [-0.15, -0.1) is 0 Å². The molecule has 0 saturated carbocycles. The summed E-state index contributed by atoms with van der Waals surface area (Å²) in [6.07, 6.45) is 0. The molecule has 3 rings (SSSR count). The van der Waals surface area contributed by atoms with Gasteiger partial charge in [-0.3, -0.25) is 4.79 Å². The Labute approximate surface area is 156 Å². The van der Waals surface area contributed by atoms with Crippen molar-refractivity contribution in [2.75, 3.05) is 5.32 Å². The van der Waals surface area contributed by atoms with Crippen LogP contribution in [-0.4, -0.2) is 11.1 Å². The van der Waals surface area contributed by atoms with Crippen LogP contribution in [0.15, 0.2) is 47.0 Å². The highest BCUT2D eigenvalue weighted by Gasteiger charge is 2.21. The number of halogens is 1. The first-order chi connectivity index (χ1) is 12.5. The van der Waals surface area contributed by atoms with Gasteiger partial charge in [0.1, 0.15) is 18.1 Å². The van der Waals surface area contributed by atoms with Crippen molar-refractivity contribution in [3.63, 3.8) is 0 Å². The maximum Gasteiger partial charge on any atom is 0.278 e. The molecule has 0 spiro atoms. The van der Waals surface area contributed by atoms with E-state index in [-0.39, 0.29) is 18.2 Å². The van der Waals surface area contributed by atoms with Gasteiger partial charge in [0.25, 0.3) is 5.91 Å². The number of hydrogen-bond acceptors (Lipinski definition) is 4. The maximum absolute atomic E-state index is 12.6. The smallest absolute Gasteiger partial charge is 0.278 e. The molecule has 0 fully saturated rings. The number of hydrogen-bond donors (Lipinski definition) is 1. The number of para-hydroxylation sites is 1. The number of benzene rings is 2. The van der Waals surface area contributed by atoms with Crippen molar-refractivity contribution >= 4 is 23.2 Å². The van der Waals surface area contributed by atoms with E-state index in [9.17, 15) is 4.79 Å². The van der Waals surface area contributed by atoms with E-state index in [1.165, 1.54) is 0 Å². The van der Waals surface area contributed by atoms with Gasteiger partial charge in [-0.2, -0.15) is 0 Å². The zero-order valence-corrected chi connectivity index (χ0v) is 15.6. The number of ether oxygens (including phenoxy) is 1. The third-order valence-corrected chi connectivity index (χ3v) is 4.35. The Bertz CT molecular complexity index is 950. The number of aryl methyl sites for hydroxylation is 3. The van der Waals surface area contributed by atoms with E-state index >= 15 is 0 Å². The van der Waals surface area contributed by atoms with Crippen molar-refractivity contribution in [1.82, 2.24) is 5.16 Å². The monoisotopic (exact) mass is 370 g/mol. The number of amides is 1. The predicted molar refractivity (Wildman–Crippen MR) is 101 cm³/mol. The van der Waals surface area contributed by atoms with E-state index in [2.05, 4.69) is 10.5 Å². The Morgan fingerprint density at radius 2 is 1.96 bits per heavy atom. The van der Waals surface area contributed by atoms with Crippen LogP contribution in [0.1, 0.15) is 32.9 Å². The van der Waals surface area contributed by atoms with Gasteiger partial charge in [0.05, 0.1) is 10.6 Å². The molecule has 5 nitrogen and oxygen atoms in total. The molecule has 0 radical (unpaired) electrons. The van der Waals surface area contributed by atoms with Gasteiger partial charge in [0, 0.05) is 5.69 Å². The van der Waals surface area contributed by atoms with Gasteiger partial charge in [-0.1, -0.05) is 46.6 Å². The first kappa shape index (κ1) is 18.0. The Morgan fingerprint density at radius 1 is 1.19 bits per heavy atom. The van der Waals surface area contributed by atoms with Gasteiger partial charge in [-0.05, 0) is 44.5 Å². The van der Waals surface area contributed by atoms with Crippen molar-refractivity contribution < 1.29 is 14.1 Å². The van der Waals surface area contributed by atoms with E-state index in [0.717, 1.165) is 16.8 Å². The quantitative estimate of drug-likeness (QED) is 0.679. The Balaban J connectivity index is 1.78. The fourth-order valence-electron chi connectivity index (χ4n) is 2.59. The van der Waals surface area contributed by atoms with E-state index in [1.807, 2.05) is 44.2 Å². The molecule has 134 valence electrons. The minimum atomic E-state index is -0.341. The van der Waals surface area contributed by atoms with Gasteiger partial charge in [0.15, 0.2) is 5.69 Å². The highest BCUT2D eigenvalue weighted by molar-refractivity contribution is 6.32. The summed E-state index contributed by atoms with van der Waals surface area (Å²) < 4.78 is 10.9. The lowest BCUT2D eigenvalue weighted by molar-refractivity contribution is 0.101. The normalized spacial score (nSPS) is 10.6. The average Bonchev–Trinajstić information content (AvgIpc) is 2.97. The second kappa shape index (κ2) is 7.62. The van der Waals surface area contributed by atoms with Crippen LogP contribution >= 0.6 is 11.6 Å². The summed E-state index contributed by atoms with van der Waals surface area (Å²) in [6, 6.07) is 13.0. The summed E-state index contributed by atoms with van der Waals surface area (Å²) >= 11 is 6.10. The van der Waals surface area contributed by atoms with Gasteiger partial charge >= 0.3 is 0 Å². The van der Waals surface area contributed by atoms with E-state index < -0.39 is 0 Å². The molecule has 0 atom stereocenters. The molecular formula is C20H19ClN2O3. The van der Waals surface area contributed by atoms with Crippen molar-refractivity contribution in [1.29, 1.82) is 0 Å². The Kier molecular flexibility index (Phi) is 5.28. The zero-order valence-electron chi connectivity index (χ0n) is 14.8. The number of nitrogens with zero attached hydrogens (tertiary/aromatic N) is 1. The molecule has 1 heterocycles.